The van der Waals surface area contributed by atoms with Crippen molar-refractivity contribution in [2.75, 3.05) is 44.4 Å². The molecule has 0 saturated carbocycles. The molecule has 6 heteroatoms. The number of amides is 1. The number of likely N-dealkylation sites (tertiary alicyclic amines) is 1. The molecule has 1 aliphatic heterocycles. The second-order valence-electron chi connectivity index (χ2n) is 5.13. The summed E-state index contributed by atoms with van der Waals surface area (Å²) in [6.07, 6.45) is 1.08. The third kappa shape index (κ3) is 4.10. The van der Waals surface area contributed by atoms with Crippen LogP contribution in [0.1, 0.15) is 6.42 Å². The lowest BCUT2D eigenvalue weighted by Crippen LogP contribution is -2.32. The average molecular weight is 298 g/mol. The maximum Gasteiger partial charge on any atom is 0.238 e. The molecule has 2 rings (SSSR count). The van der Waals surface area contributed by atoms with Crippen molar-refractivity contribution in [1.82, 2.24) is 4.90 Å². The van der Waals surface area contributed by atoms with E-state index in [-0.39, 0.29) is 5.91 Å². The highest BCUT2D eigenvalue weighted by Crippen LogP contribution is 2.22. The average Bonchev–Trinajstić information content (AvgIpc) is 2.81. The molecule has 0 radical (unpaired) electrons. The standard InChI is InChI=1S/C14H20ClN3O2/c1-20-9-10-4-5-18(7-10)8-14(19)17-11-2-3-12(15)13(16)6-11/h2-3,6,10H,4-5,7-9,16H2,1H3,(H,17,19). The molecule has 3 N–H and O–H groups in total. The summed E-state index contributed by atoms with van der Waals surface area (Å²) in [6, 6.07) is 5.09. The number of nitrogen functional groups attached to an aromatic ring is 1. The molecule has 5 nitrogen and oxygen atoms in total. The van der Waals surface area contributed by atoms with E-state index in [4.69, 9.17) is 22.1 Å². The molecular weight excluding hydrogens is 278 g/mol. The number of methoxy groups -OCH3 is 1. The first-order chi connectivity index (χ1) is 9.58. The Morgan fingerprint density at radius 1 is 1.60 bits per heavy atom. The molecule has 1 fully saturated rings. The summed E-state index contributed by atoms with van der Waals surface area (Å²) < 4.78 is 5.15. The van der Waals surface area contributed by atoms with Crippen LogP contribution in [0.5, 0.6) is 0 Å². The van der Waals surface area contributed by atoms with Gasteiger partial charge in [-0.1, -0.05) is 11.6 Å². The smallest absolute Gasteiger partial charge is 0.238 e. The van der Waals surface area contributed by atoms with Crippen molar-refractivity contribution in [1.29, 1.82) is 0 Å². The summed E-state index contributed by atoms with van der Waals surface area (Å²) in [6.45, 7) is 2.99. The Hall–Kier alpha value is -1.30. The Morgan fingerprint density at radius 2 is 2.40 bits per heavy atom. The van der Waals surface area contributed by atoms with Gasteiger partial charge in [-0.3, -0.25) is 9.69 Å². The van der Waals surface area contributed by atoms with Crippen molar-refractivity contribution in [3.63, 3.8) is 0 Å². The number of rotatable bonds is 5. The van der Waals surface area contributed by atoms with Crippen LogP contribution in [0.25, 0.3) is 0 Å². The van der Waals surface area contributed by atoms with Crippen molar-refractivity contribution in [2.24, 2.45) is 5.92 Å². The molecule has 1 atom stereocenters. The van der Waals surface area contributed by atoms with Crippen LogP contribution in [0.4, 0.5) is 11.4 Å². The monoisotopic (exact) mass is 297 g/mol. The van der Waals surface area contributed by atoms with Crippen LogP contribution in [0, 0.1) is 5.92 Å². The second-order valence-corrected chi connectivity index (χ2v) is 5.54. The fourth-order valence-corrected chi connectivity index (χ4v) is 2.57. The van der Waals surface area contributed by atoms with Crippen molar-refractivity contribution in [2.45, 2.75) is 6.42 Å². The fraction of sp³-hybridized carbons (Fsp3) is 0.500. The van der Waals surface area contributed by atoms with E-state index in [1.165, 1.54) is 0 Å². The zero-order valence-corrected chi connectivity index (χ0v) is 12.3. The Morgan fingerprint density at radius 3 is 3.10 bits per heavy atom. The lowest BCUT2D eigenvalue weighted by molar-refractivity contribution is -0.117. The van der Waals surface area contributed by atoms with Crippen LogP contribution >= 0.6 is 11.6 Å². The first-order valence-electron chi connectivity index (χ1n) is 6.64. The number of benzene rings is 1. The Labute approximate surface area is 124 Å². The molecule has 0 aromatic heterocycles. The number of nitrogens with one attached hydrogen (secondary N) is 1. The molecule has 1 aromatic carbocycles. The van der Waals surface area contributed by atoms with E-state index < -0.39 is 0 Å². The Kier molecular flexibility index (Phi) is 5.23. The van der Waals surface area contributed by atoms with Crippen molar-refractivity contribution in [3.05, 3.63) is 23.2 Å². The van der Waals surface area contributed by atoms with Gasteiger partial charge in [0.15, 0.2) is 0 Å². The highest BCUT2D eigenvalue weighted by molar-refractivity contribution is 6.33. The van der Waals surface area contributed by atoms with Gasteiger partial charge in [-0.15, -0.1) is 0 Å². The predicted octanol–water partition coefficient (Wildman–Crippen LogP) is 1.83. The normalized spacial score (nSPS) is 19.2. The second kappa shape index (κ2) is 6.92. The Balaban J connectivity index is 1.82. The lowest BCUT2D eigenvalue weighted by Gasteiger charge is -2.15. The summed E-state index contributed by atoms with van der Waals surface area (Å²) in [5.74, 6) is 0.490. The van der Waals surface area contributed by atoms with E-state index in [0.717, 1.165) is 26.1 Å². The van der Waals surface area contributed by atoms with Crippen molar-refractivity contribution in [3.8, 4) is 0 Å². The number of ether oxygens (including phenoxy) is 1. The molecule has 0 bridgehead atoms. The summed E-state index contributed by atoms with van der Waals surface area (Å²) in [4.78, 5) is 14.1. The van der Waals surface area contributed by atoms with Crippen LogP contribution in [-0.2, 0) is 9.53 Å². The predicted molar refractivity (Wildman–Crippen MR) is 80.9 cm³/mol. The largest absolute Gasteiger partial charge is 0.397 e. The topological polar surface area (TPSA) is 67.6 Å². The third-order valence-electron chi connectivity index (χ3n) is 3.42. The van der Waals surface area contributed by atoms with Gasteiger partial charge in [-0.05, 0) is 37.1 Å². The fourth-order valence-electron chi connectivity index (χ4n) is 2.45. The number of carbonyl (C=O) groups is 1. The maximum absolute atomic E-state index is 12.0. The van der Waals surface area contributed by atoms with E-state index in [1.807, 2.05) is 0 Å². The van der Waals surface area contributed by atoms with Gasteiger partial charge in [0.2, 0.25) is 5.91 Å². The number of carbonyl (C=O) groups excluding carboxylic acids is 1. The molecule has 1 amide bonds. The first-order valence-corrected chi connectivity index (χ1v) is 7.02. The SMILES string of the molecule is COCC1CCN(CC(=O)Nc2ccc(Cl)c(N)c2)C1. The van der Waals surface area contributed by atoms with Gasteiger partial charge in [0.25, 0.3) is 0 Å². The minimum absolute atomic E-state index is 0.0372. The summed E-state index contributed by atoms with van der Waals surface area (Å²) in [5.41, 5.74) is 6.84. The number of hydrogen-bond acceptors (Lipinski definition) is 4. The third-order valence-corrected chi connectivity index (χ3v) is 3.76. The maximum atomic E-state index is 12.0. The molecule has 1 heterocycles. The van der Waals surface area contributed by atoms with Crippen LogP contribution in [-0.4, -0.2) is 44.2 Å². The van der Waals surface area contributed by atoms with E-state index in [9.17, 15) is 4.79 Å². The minimum Gasteiger partial charge on any atom is -0.397 e. The first kappa shape index (κ1) is 15.1. The van der Waals surface area contributed by atoms with Gasteiger partial charge in [0, 0.05) is 19.3 Å². The molecule has 1 saturated heterocycles. The van der Waals surface area contributed by atoms with Gasteiger partial charge in [-0.2, -0.15) is 0 Å². The number of nitrogens with two attached hydrogens (primary N) is 1. The van der Waals surface area contributed by atoms with Gasteiger partial charge in [0.1, 0.15) is 0 Å². The van der Waals surface area contributed by atoms with Gasteiger partial charge >= 0.3 is 0 Å². The van der Waals surface area contributed by atoms with Crippen molar-refractivity contribution < 1.29 is 9.53 Å². The molecule has 1 aliphatic rings. The van der Waals surface area contributed by atoms with E-state index >= 15 is 0 Å². The number of hydrogen-bond donors (Lipinski definition) is 2. The molecule has 0 aliphatic carbocycles. The van der Waals surface area contributed by atoms with Gasteiger partial charge < -0.3 is 15.8 Å². The molecule has 110 valence electrons. The van der Waals surface area contributed by atoms with Crippen LogP contribution in [0.15, 0.2) is 18.2 Å². The Bertz CT molecular complexity index is 481. The lowest BCUT2D eigenvalue weighted by atomic mass is 10.1. The van der Waals surface area contributed by atoms with E-state index in [2.05, 4.69) is 10.2 Å². The minimum atomic E-state index is -0.0372. The highest BCUT2D eigenvalue weighted by atomic mass is 35.5. The van der Waals surface area contributed by atoms with Crippen molar-refractivity contribution >= 4 is 28.9 Å². The number of halogens is 1. The zero-order valence-electron chi connectivity index (χ0n) is 11.6. The summed E-state index contributed by atoms with van der Waals surface area (Å²) in [5, 5.41) is 3.32. The molecular formula is C14H20ClN3O2. The van der Waals surface area contributed by atoms with Gasteiger partial charge in [-0.25, -0.2) is 0 Å². The molecule has 1 unspecified atom stereocenters. The molecule has 20 heavy (non-hydrogen) atoms. The van der Waals surface area contributed by atoms with E-state index in [1.54, 1.807) is 25.3 Å². The van der Waals surface area contributed by atoms with E-state index in [0.29, 0.717) is 28.9 Å². The number of nitrogens with zero attached hydrogens (tertiary/aromatic N) is 1. The van der Waals surface area contributed by atoms with Crippen LogP contribution in [0.2, 0.25) is 5.02 Å². The molecule has 0 spiro atoms. The summed E-state index contributed by atoms with van der Waals surface area (Å²) >= 11 is 5.84. The highest BCUT2D eigenvalue weighted by Gasteiger charge is 2.23. The van der Waals surface area contributed by atoms with Crippen LogP contribution in [0.3, 0.4) is 0 Å². The van der Waals surface area contributed by atoms with Gasteiger partial charge in [0.05, 0.1) is 23.9 Å². The quantitative estimate of drug-likeness (QED) is 0.814. The summed E-state index contributed by atoms with van der Waals surface area (Å²) in [7, 11) is 1.71. The zero-order chi connectivity index (χ0) is 14.5. The molecule has 1 aromatic rings. The van der Waals surface area contributed by atoms with Crippen LogP contribution < -0.4 is 11.1 Å². The number of anilines is 2.